The van der Waals surface area contributed by atoms with Gasteiger partial charge >= 0.3 is 0 Å². The lowest BCUT2D eigenvalue weighted by Gasteiger charge is -2.04. The summed E-state index contributed by atoms with van der Waals surface area (Å²) in [5.41, 5.74) is 2.03. The highest BCUT2D eigenvalue weighted by Gasteiger charge is 2.07. The molecule has 1 aromatic heterocycles. The van der Waals surface area contributed by atoms with Crippen molar-refractivity contribution in [3.8, 4) is 11.3 Å². The maximum Gasteiger partial charge on any atom is 0.220 e. The summed E-state index contributed by atoms with van der Waals surface area (Å²) in [5, 5.41) is 2.92. The molecule has 128 valence electrons. The second-order valence-corrected chi connectivity index (χ2v) is 5.86. The van der Waals surface area contributed by atoms with Crippen LogP contribution in [0, 0.1) is 5.82 Å². The molecule has 0 aliphatic heterocycles. The van der Waals surface area contributed by atoms with Gasteiger partial charge in [0, 0.05) is 24.9 Å². The van der Waals surface area contributed by atoms with Crippen LogP contribution in [0.5, 0.6) is 0 Å². The molecule has 0 saturated heterocycles. The van der Waals surface area contributed by atoms with Crippen molar-refractivity contribution in [2.75, 3.05) is 6.54 Å². The van der Waals surface area contributed by atoms with Gasteiger partial charge in [-0.15, -0.1) is 0 Å². The smallest absolute Gasteiger partial charge is 0.220 e. The van der Waals surface area contributed by atoms with E-state index in [2.05, 4.69) is 5.32 Å². The van der Waals surface area contributed by atoms with Crippen molar-refractivity contribution >= 4 is 5.91 Å². The quantitative estimate of drug-likeness (QED) is 0.695. The van der Waals surface area contributed by atoms with Crippen LogP contribution >= 0.6 is 0 Å². The first-order chi connectivity index (χ1) is 12.2. The summed E-state index contributed by atoms with van der Waals surface area (Å²) in [6, 6.07) is 19.9. The molecule has 0 aliphatic rings. The summed E-state index contributed by atoms with van der Waals surface area (Å²) < 4.78 is 18.7. The fraction of sp³-hybridized carbons (Fsp3) is 0.190. The van der Waals surface area contributed by atoms with Crippen LogP contribution in [0.25, 0.3) is 11.3 Å². The minimum Gasteiger partial charge on any atom is -0.461 e. The number of furan rings is 1. The van der Waals surface area contributed by atoms with Crippen LogP contribution in [0.2, 0.25) is 0 Å². The van der Waals surface area contributed by atoms with E-state index in [4.69, 9.17) is 4.42 Å². The SMILES string of the molecule is O=C(CCc1ccc(-c2ccc(F)cc2)o1)NCCc1ccccc1. The monoisotopic (exact) mass is 337 g/mol. The van der Waals surface area contributed by atoms with Crippen molar-refractivity contribution < 1.29 is 13.6 Å². The number of carbonyl (C=O) groups excluding carboxylic acids is 1. The van der Waals surface area contributed by atoms with E-state index in [0.29, 0.717) is 25.1 Å². The summed E-state index contributed by atoms with van der Waals surface area (Å²) in [6.45, 7) is 0.627. The van der Waals surface area contributed by atoms with Crippen molar-refractivity contribution in [1.82, 2.24) is 5.32 Å². The largest absolute Gasteiger partial charge is 0.461 e. The van der Waals surface area contributed by atoms with Gasteiger partial charge in [-0.25, -0.2) is 4.39 Å². The molecule has 3 nitrogen and oxygen atoms in total. The first-order valence-electron chi connectivity index (χ1n) is 8.36. The maximum absolute atomic E-state index is 13.0. The van der Waals surface area contributed by atoms with Crippen LogP contribution in [-0.4, -0.2) is 12.5 Å². The van der Waals surface area contributed by atoms with E-state index in [1.54, 1.807) is 12.1 Å². The molecule has 0 saturated carbocycles. The standard InChI is InChI=1S/C21H20FNO2/c22-18-8-6-17(7-9-18)20-12-10-19(25-20)11-13-21(24)23-15-14-16-4-2-1-3-5-16/h1-10,12H,11,13-15H2,(H,23,24). The van der Waals surface area contributed by atoms with Crippen LogP contribution in [0.15, 0.2) is 71.1 Å². The van der Waals surface area contributed by atoms with Gasteiger partial charge < -0.3 is 9.73 Å². The molecule has 0 spiro atoms. The topological polar surface area (TPSA) is 42.2 Å². The highest BCUT2D eigenvalue weighted by atomic mass is 19.1. The highest BCUT2D eigenvalue weighted by Crippen LogP contribution is 2.23. The van der Waals surface area contributed by atoms with Gasteiger partial charge in [-0.3, -0.25) is 4.79 Å². The Hall–Kier alpha value is -2.88. The molecule has 1 heterocycles. The zero-order chi connectivity index (χ0) is 17.5. The minimum atomic E-state index is -0.275. The first kappa shape index (κ1) is 17.0. The first-order valence-corrected chi connectivity index (χ1v) is 8.36. The average Bonchev–Trinajstić information content (AvgIpc) is 3.10. The summed E-state index contributed by atoms with van der Waals surface area (Å²) in [6.07, 6.45) is 1.74. The number of aryl methyl sites for hydroxylation is 1. The summed E-state index contributed by atoms with van der Waals surface area (Å²) >= 11 is 0. The third-order valence-electron chi connectivity index (χ3n) is 3.97. The van der Waals surface area contributed by atoms with E-state index < -0.39 is 0 Å². The molecule has 1 amide bonds. The fourth-order valence-electron chi connectivity index (χ4n) is 2.60. The zero-order valence-electron chi connectivity index (χ0n) is 13.9. The van der Waals surface area contributed by atoms with Crippen molar-refractivity contribution in [1.29, 1.82) is 0 Å². The van der Waals surface area contributed by atoms with Crippen LogP contribution in [-0.2, 0) is 17.6 Å². The van der Waals surface area contributed by atoms with Crippen molar-refractivity contribution in [3.05, 3.63) is 83.9 Å². The van der Waals surface area contributed by atoms with E-state index in [-0.39, 0.29) is 11.7 Å². The van der Waals surface area contributed by atoms with E-state index in [1.807, 2.05) is 42.5 Å². The number of nitrogens with one attached hydrogen (secondary N) is 1. The average molecular weight is 337 g/mol. The third-order valence-corrected chi connectivity index (χ3v) is 3.97. The summed E-state index contributed by atoms with van der Waals surface area (Å²) in [5.74, 6) is 1.16. The molecule has 25 heavy (non-hydrogen) atoms. The molecule has 4 heteroatoms. The number of hydrogen-bond acceptors (Lipinski definition) is 2. The highest BCUT2D eigenvalue weighted by molar-refractivity contribution is 5.76. The van der Waals surface area contributed by atoms with Crippen molar-refractivity contribution in [2.45, 2.75) is 19.3 Å². The molecule has 0 radical (unpaired) electrons. The van der Waals surface area contributed by atoms with Gasteiger partial charge in [0.15, 0.2) is 0 Å². The molecule has 0 unspecified atom stereocenters. The molecule has 2 aromatic carbocycles. The second-order valence-electron chi connectivity index (χ2n) is 5.86. The molecule has 0 aliphatic carbocycles. The van der Waals surface area contributed by atoms with Gasteiger partial charge in [-0.2, -0.15) is 0 Å². The predicted octanol–water partition coefficient (Wildman–Crippen LogP) is 4.38. The van der Waals surface area contributed by atoms with Crippen LogP contribution in [0.1, 0.15) is 17.7 Å². The molecule has 0 bridgehead atoms. The summed E-state index contributed by atoms with van der Waals surface area (Å²) in [7, 11) is 0. The van der Waals surface area contributed by atoms with E-state index in [9.17, 15) is 9.18 Å². The Morgan fingerprint density at radius 3 is 2.44 bits per heavy atom. The van der Waals surface area contributed by atoms with Crippen LogP contribution in [0.4, 0.5) is 4.39 Å². The Bertz CT molecular complexity index is 809. The van der Waals surface area contributed by atoms with Gasteiger partial charge in [0.1, 0.15) is 17.3 Å². The molecule has 0 atom stereocenters. The van der Waals surface area contributed by atoms with Crippen LogP contribution in [0.3, 0.4) is 0 Å². The van der Waals surface area contributed by atoms with Crippen molar-refractivity contribution in [3.63, 3.8) is 0 Å². The lowest BCUT2D eigenvalue weighted by atomic mass is 10.1. The molecule has 0 fully saturated rings. The summed E-state index contributed by atoms with van der Waals surface area (Å²) in [4.78, 5) is 11.9. The van der Waals surface area contributed by atoms with Gasteiger partial charge in [0.2, 0.25) is 5.91 Å². The van der Waals surface area contributed by atoms with E-state index in [1.165, 1.54) is 17.7 Å². The number of halogens is 1. The fourth-order valence-corrected chi connectivity index (χ4v) is 2.60. The number of rotatable bonds is 7. The Labute approximate surface area is 146 Å². The predicted molar refractivity (Wildman–Crippen MR) is 95.6 cm³/mol. The number of amides is 1. The van der Waals surface area contributed by atoms with Crippen molar-refractivity contribution in [2.24, 2.45) is 0 Å². The maximum atomic E-state index is 13.0. The molecule has 1 N–H and O–H groups in total. The van der Waals surface area contributed by atoms with E-state index in [0.717, 1.165) is 17.7 Å². The molecular formula is C21H20FNO2. The molecule has 3 rings (SSSR count). The number of carbonyl (C=O) groups is 1. The van der Waals surface area contributed by atoms with E-state index >= 15 is 0 Å². The van der Waals surface area contributed by atoms with Gasteiger partial charge in [0.25, 0.3) is 0 Å². The Kier molecular flexibility index (Phi) is 5.62. The van der Waals surface area contributed by atoms with Gasteiger partial charge in [-0.1, -0.05) is 30.3 Å². The van der Waals surface area contributed by atoms with Gasteiger partial charge in [-0.05, 0) is 48.4 Å². The van der Waals surface area contributed by atoms with Gasteiger partial charge in [0.05, 0.1) is 0 Å². The number of hydrogen-bond donors (Lipinski definition) is 1. The Morgan fingerprint density at radius 2 is 1.68 bits per heavy atom. The molecular weight excluding hydrogens is 317 g/mol. The normalized spacial score (nSPS) is 10.6. The van der Waals surface area contributed by atoms with Crippen LogP contribution < -0.4 is 5.32 Å². The lowest BCUT2D eigenvalue weighted by Crippen LogP contribution is -2.25. The zero-order valence-corrected chi connectivity index (χ0v) is 13.9. The second kappa shape index (κ2) is 8.29. The number of benzene rings is 2. The minimum absolute atomic E-state index is 0.00987. The molecule has 3 aromatic rings. The Balaban J connectivity index is 1.44. The third kappa shape index (κ3) is 5.05. The Morgan fingerprint density at radius 1 is 0.920 bits per heavy atom. The lowest BCUT2D eigenvalue weighted by molar-refractivity contribution is -0.121.